The first-order chi connectivity index (χ1) is 10.2. The van der Waals surface area contributed by atoms with Crippen LogP contribution in [0.25, 0.3) is 0 Å². The summed E-state index contributed by atoms with van der Waals surface area (Å²) in [7, 11) is 1.91. The van der Waals surface area contributed by atoms with Crippen molar-refractivity contribution in [2.75, 3.05) is 31.7 Å². The average Bonchev–Trinajstić information content (AvgIpc) is 3.31. The molecule has 1 aromatic rings. The summed E-state index contributed by atoms with van der Waals surface area (Å²) in [5.41, 5.74) is 0.707. The van der Waals surface area contributed by atoms with Gasteiger partial charge in [0.1, 0.15) is 0 Å². The zero-order valence-corrected chi connectivity index (χ0v) is 12.6. The quantitative estimate of drug-likeness (QED) is 0.873. The third-order valence-corrected chi connectivity index (χ3v) is 4.26. The lowest BCUT2D eigenvalue weighted by atomic mass is 10.0. The molecule has 1 saturated heterocycles. The molecule has 0 amide bonds. The van der Waals surface area contributed by atoms with Crippen molar-refractivity contribution in [3.8, 4) is 0 Å². The Morgan fingerprint density at radius 2 is 2.29 bits per heavy atom. The number of ether oxygens (including phenoxy) is 1. The highest BCUT2D eigenvalue weighted by Gasteiger charge is 2.22. The molecule has 2 aliphatic rings. The Hall–Kier alpha value is -1.20. The molecule has 1 aliphatic carbocycles. The SMILES string of the molecule is CN(CC1CCCOC1)c1nccc(CNC2CC2)c1F. The van der Waals surface area contributed by atoms with E-state index in [1.165, 1.54) is 12.8 Å². The molecule has 5 heteroatoms. The molecule has 4 nitrogen and oxygen atoms in total. The Morgan fingerprint density at radius 3 is 3.00 bits per heavy atom. The van der Waals surface area contributed by atoms with Crippen molar-refractivity contribution in [1.29, 1.82) is 0 Å². The molecule has 1 aliphatic heterocycles. The summed E-state index contributed by atoms with van der Waals surface area (Å²) in [5, 5.41) is 3.35. The first-order valence-electron chi connectivity index (χ1n) is 7.89. The average molecular weight is 293 g/mol. The van der Waals surface area contributed by atoms with E-state index in [0.29, 0.717) is 29.9 Å². The third-order valence-electron chi connectivity index (χ3n) is 4.26. The molecule has 0 spiro atoms. The largest absolute Gasteiger partial charge is 0.381 e. The summed E-state index contributed by atoms with van der Waals surface area (Å²) in [6.07, 6.45) is 6.37. The second kappa shape index (κ2) is 6.71. The Kier molecular flexibility index (Phi) is 4.70. The van der Waals surface area contributed by atoms with E-state index >= 15 is 0 Å². The van der Waals surface area contributed by atoms with Crippen LogP contribution >= 0.6 is 0 Å². The zero-order valence-electron chi connectivity index (χ0n) is 12.6. The lowest BCUT2D eigenvalue weighted by Gasteiger charge is -2.28. The highest BCUT2D eigenvalue weighted by Crippen LogP contribution is 2.23. The molecule has 0 radical (unpaired) electrons. The maximum atomic E-state index is 14.6. The van der Waals surface area contributed by atoms with Crippen LogP contribution in [0.5, 0.6) is 0 Å². The van der Waals surface area contributed by atoms with E-state index < -0.39 is 0 Å². The molecule has 3 rings (SSSR count). The van der Waals surface area contributed by atoms with Gasteiger partial charge in [-0.2, -0.15) is 0 Å². The van der Waals surface area contributed by atoms with Crippen LogP contribution in [0, 0.1) is 11.7 Å². The molecule has 2 fully saturated rings. The van der Waals surface area contributed by atoms with Gasteiger partial charge in [-0.05, 0) is 37.7 Å². The van der Waals surface area contributed by atoms with Crippen molar-refractivity contribution in [1.82, 2.24) is 10.3 Å². The maximum Gasteiger partial charge on any atom is 0.170 e. The zero-order chi connectivity index (χ0) is 14.7. The number of halogens is 1. The predicted molar refractivity (Wildman–Crippen MR) is 80.9 cm³/mol. The van der Waals surface area contributed by atoms with Gasteiger partial charge in [0, 0.05) is 44.5 Å². The van der Waals surface area contributed by atoms with Gasteiger partial charge < -0.3 is 15.0 Å². The van der Waals surface area contributed by atoms with Gasteiger partial charge in [-0.25, -0.2) is 9.37 Å². The van der Waals surface area contributed by atoms with Crippen molar-refractivity contribution in [3.05, 3.63) is 23.6 Å². The van der Waals surface area contributed by atoms with Crippen LogP contribution in [0.4, 0.5) is 10.2 Å². The maximum absolute atomic E-state index is 14.6. The van der Waals surface area contributed by atoms with E-state index in [-0.39, 0.29) is 5.82 Å². The molecular formula is C16H24FN3O. The fourth-order valence-electron chi connectivity index (χ4n) is 2.84. The highest BCUT2D eigenvalue weighted by atomic mass is 19.1. The van der Waals surface area contributed by atoms with Gasteiger partial charge in [-0.3, -0.25) is 0 Å². The Labute approximate surface area is 125 Å². The summed E-state index contributed by atoms with van der Waals surface area (Å²) in [6, 6.07) is 2.35. The van der Waals surface area contributed by atoms with Gasteiger partial charge in [-0.15, -0.1) is 0 Å². The first kappa shape index (κ1) is 14.7. The second-order valence-corrected chi connectivity index (χ2v) is 6.23. The number of hydrogen-bond acceptors (Lipinski definition) is 4. The molecule has 21 heavy (non-hydrogen) atoms. The molecule has 1 saturated carbocycles. The molecule has 1 unspecified atom stereocenters. The molecule has 2 heterocycles. The van der Waals surface area contributed by atoms with Crippen molar-refractivity contribution in [3.63, 3.8) is 0 Å². The van der Waals surface area contributed by atoms with Gasteiger partial charge in [0.2, 0.25) is 0 Å². The number of nitrogens with one attached hydrogen (secondary N) is 1. The number of rotatable bonds is 6. The number of anilines is 1. The van der Waals surface area contributed by atoms with Crippen molar-refractivity contribution in [2.24, 2.45) is 5.92 Å². The predicted octanol–water partition coefficient (Wildman–Crippen LogP) is 2.34. The second-order valence-electron chi connectivity index (χ2n) is 6.23. The van der Waals surface area contributed by atoms with E-state index in [4.69, 9.17) is 4.74 Å². The van der Waals surface area contributed by atoms with Gasteiger partial charge >= 0.3 is 0 Å². The first-order valence-corrected chi connectivity index (χ1v) is 7.89. The van der Waals surface area contributed by atoms with Crippen molar-refractivity contribution < 1.29 is 9.13 Å². The van der Waals surface area contributed by atoms with Crippen LogP contribution in [-0.4, -0.2) is 37.8 Å². The molecule has 116 valence electrons. The molecule has 1 atom stereocenters. The Bertz CT molecular complexity index is 473. The number of aromatic nitrogens is 1. The van der Waals surface area contributed by atoms with Gasteiger partial charge in [0.15, 0.2) is 11.6 Å². The Morgan fingerprint density at radius 1 is 1.43 bits per heavy atom. The monoisotopic (exact) mass is 293 g/mol. The van der Waals surface area contributed by atoms with Crippen molar-refractivity contribution >= 4 is 5.82 Å². The molecule has 0 bridgehead atoms. The number of pyridine rings is 1. The van der Waals surface area contributed by atoms with Crippen molar-refractivity contribution in [2.45, 2.75) is 38.3 Å². The summed E-state index contributed by atoms with van der Waals surface area (Å²) in [6.45, 7) is 3.01. The topological polar surface area (TPSA) is 37.4 Å². The third kappa shape index (κ3) is 3.92. The Balaban J connectivity index is 1.63. The van der Waals surface area contributed by atoms with E-state index in [2.05, 4.69) is 10.3 Å². The lowest BCUT2D eigenvalue weighted by molar-refractivity contribution is 0.0575. The van der Waals surface area contributed by atoms with E-state index in [1.807, 2.05) is 11.9 Å². The van der Waals surface area contributed by atoms with E-state index in [1.54, 1.807) is 12.3 Å². The molecule has 1 aromatic heterocycles. The summed E-state index contributed by atoms with van der Waals surface area (Å²) in [5.74, 6) is 0.735. The lowest BCUT2D eigenvalue weighted by Crippen LogP contribution is -2.32. The normalized spacial score (nSPS) is 22.3. The number of nitrogens with zero attached hydrogens (tertiary/aromatic N) is 2. The van der Waals surface area contributed by atoms with Crippen LogP contribution < -0.4 is 10.2 Å². The highest BCUT2D eigenvalue weighted by molar-refractivity contribution is 5.42. The standard InChI is InChI=1S/C16H24FN3O/c1-20(10-12-3-2-8-21-11-12)16-15(17)13(6-7-18-16)9-19-14-4-5-14/h6-7,12,14,19H,2-5,8-11H2,1H3. The van der Waals surface area contributed by atoms with Crippen LogP contribution in [0.15, 0.2) is 12.3 Å². The van der Waals surface area contributed by atoms with Gasteiger partial charge in [0.25, 0.3) is 0 Å². The van der Waals surface area contributed by atoms with Gasteiger partial charge in [0.05, 0.1) is 6.61 Å². The van der Waals surface area contributed by atoms with E-state index in [9.17, 15) is 4.39 Å². The minimum absolute atomic E-state index is 0.190. The van der Waals surface area contributed by atoms with Crippen LogP contribution in [-0.2, 0) is 11.3 Å². The van der Waals surface area contributed by atoms with Gasteiger partial charge in [-0.1, -0.05) is 0 Å². The fraction of sp³-hybridized carbons (Fsp3) is 0.688. The smallest absolute Gasteiger partial charge is 0.170 e. The molecular weight excluding hydrogens is 269 g/mol. The summed E-state index contributed by atoms with van der Waals surface area (Å²) >= 11 is 0. The van der Waals surface area contributed by atoms with Crippen LogP contribution in [0.3, 0.4) is 0 Å². The molecule has 1 N–H and O–H groups in total. The van der Waals surface area contributed by atoms with E-state index in [0.717, 1.165) is 32.6 Å². The summed E-state index contributed by atoms with van der Waals surface area (Å²) < 4.78 is 20.1. The minimum atomic E-state index is -0.190. The minimum Gasteiger partial charge on any atom is -0.381 e. The van der Waals surface area contributed by atoms with Crippen LogP contribution in [0.2, 0.25) is 0 Å². The molecule has 0 aromatic carbocycles. The number of hydrogen-bond donors (Lipinski definition) is 1. The van der Waals surface area contributed by atoms with Crippen LogP contribution in [0.1, 0.15) is 31.2 Å². The fourth-order valence-corrected chi connectivity index (χ4v) is 2.84. The summed E-state index contributed by atoms with van der Waals surface area (Å²) in [4.78, 5) is 6.16.